The van der Waals surface area contributed by atoms with Crippen molar-refractivity contribution in [2.75, 3.05) is 29.6 Å². The monoisotopic (exact) mass is 528 g/mol. The first-order valence-corrected chi connectivity index (χ1v) is 13.8. The molecule has 0 aliphatic carbocycles. The largest absolute Gasteiger partial charge is 0.441 e. The van der Waals surface area contributed by atoms with E-state index in [-0.39, 0.29) is 29.7 Å². The van der Waals surface area contributed by atoms with E-state index < -0.39 is 60.1 Å². The normalized spacial score (nSPS) is 20.5. The average Bonchev–Trinajstić information content (AvgIpc) is 3.19. The lowest BCUT2D eigenvalue weighted by Gasteiger charge is -2.23. The number of carbonyl (C=O) groups is 1. The number of amides is 1. The van der Waals surface area contributed by atoms with Gasteiger partial charge in [-0.25, -0.2) is 17.6 Å². The first kappa shape index (κ1) is 25.0. The molecule has 0 saturated carbocycles. The Kier molecular flexibility index (Phi) is 6.79. The number of cyclic esters (lactones) is 1. The maximum atomic E-state index is 14.8. The van der Waals surface area contributed by atoms with Gasteiger partial charge in [-0.05, 0) is 42.5 Å². The van der Waals surface area contributed by atoms with Gasteiger partial charge < -0.3 is 4.74 Å². The maximum absolute atomic E-state index is 14.8. The fourth-order valence-corrected chi connectivity index (χ4v) is 6.49. The molecular formula is C21H21FN2O9S2. The summed E-state index contributed by atoms with van der Waals surface area (Å²) in [4.78, 5) is 23.1. The molecule has 4 rings (SSSR count). The van der Waals surface area contributed by atoms with Crippen LogP contribution in [0.3, 0.4) is 0 Å². The number of nitrogens with zero attached hydrogens (tertiary/aromatic N) is 2. The summed E-state index contributed by atoms with van der Waals surface area (Å²) in [7, 11) is -7.44. The summed E-state index contributed by atoms with van der Waals surface area (Å²) < 4.78 is 72.9. The number of rotatable bonds is 7. The third-order valence-corrected chi connectivity index (χ3v) is 8.88. The summed E-state index contributed by atoms with van der Waals surface area (Å²) >= 11 is 0. The van der Waals surface area contributed by atoms with Crippen LogP contribution in [0.2, 0.25) is 0 Å². The SMILES string of the molecule is O=C1O[C@H](COS(=O)(=O)c2cccc([N+](=O)[O-])c2)CN1c1ccc(C2CCS(=O)(=O)CC2)c(F)c1. The van der Waals surface area contributed by atoms with Gasteiger partial charge >= 0.3 is 6.09 Å². The second-order valence-corrected chi connectivity index (χ2v) is 12.2. The number of anilines is 1. The molecule has 0 spiro atoms. The molecule has 2 fully saturated rings. The van der Waals surface area contributed by atoms with E-state index in [0.717, 1.165) is 29.2 Å². The third kappa shape index (κ3) is 5.60. The highest BCUT2D eigenvalue weighted by Crippen LogP contribution is 2.33. The van der Waals surface area contributed by atoms with E-state index in [1.807, 2.05) is 0 Å². The Balaban J connectivity index is 1.40. The number of benzene rings is 2. The van der Waals surface area contributed by atoms with Crippen molar-refractivity contribution in [3.8, 4) is 0 Å². The Morgan fingerprint density at radius 1 is 1.17 bits per heavy atom. The average molecular weight is 529 g/mol. The molecule has 1 amide bonds. The van der Waals surface area contributed by atoms with Crippen molar-refractivity contribution < 1.29 is 39.9 Å². The molecule has 0 bridgehead atoms. The van der Waals surface area contributed by atoms with E-state index in [9.17, 15) is 36.1 Å². The van der Waals surface area contributed by atoms with E-state index >= 15 is 0 Å². The molecule has 2 aromatic rings. The van der Waals surface area contributed by atoms with Crippen LogP contribution < -0.4 is 4.90 Å². The predicted octanol–water partition coefficient (Wildman–Crippen LogP) is 2.76. The van der Waals surface area contributed by atoms with Gasteiger partial charge in [0.25, 0.3) is 15.8 Å². The van der Waals surface area contributed by atoms with Crippen LogP contribution >= 0.6 is 0 Å². The third-order valence-electron chi connectivity index (χ3n) is 5.89. The van der Waals surface area contributed by atoms with Crippen molar-refractivity contribution in [1.82, 2.24) is 0 Å². The number of carbonyl (C=O) groups excluding carboxylic acids is 1. The van der Waals surface area contributed by atoms with Crippen LogP contribution in [-0.2, 0) is 28.9 Å². The number of nitro benzene ring substituents is 1. The number of nitro groups is 1. The van der Waals surface area contributed by atoms with Crippen LogP contribution in [-0.4, -0.2) is 58.6 Å². The van der Waals surface area contributed by atoms with Crippen molar-refractivity contribution in [1.29, 1.82) is 0 Å². The van der Waals surface area contributed by atoms with E-state index in [0.29, 0.717) is 18.4 Å². The molecule has 1 atom stereocenters. The maximum Gasteiger partial charge on any atom is 0.414 e. The number of hydrogen-bond acceptors (Lipinski definition) is 9. The summed E-state index contributed by atoms with van der Waals surface area (Å²) in [5.74, 6) is -0.818. The topological polar surface area (TPSA) is 150 Å². The van der Waals surface area contributed by atoms with Crippen LogP contribution in [0.25, 0.3) is 0 Å². The molecule has 0 N–H and O–H groups in total. The van der Waals surface area contributed by atoms with Gasteiger partial charge in [0.15, 0.2) is 0 Å². The lowest BCUT2D eigenvalue weighted by atomic mass is 9.93. The van der Waals surface area contributed by atoms with Crippen LogP contribution in [0.15, 0.2) is 47.4 Å². The molecule has 35 heavy (non-hydrogen) atoms. The highest BCUT2D eigenvalue weighted by molar-refractivity contribution is 7.91. The van der Waals surface area contributed by atoms with Crippen molar-refractivity contribution in [3.05, 3.63) is 64.0 Å². The van der Waals surface area contributed by atoms with Gasteiger partial charge in [0, 0.05) is 12.1 Å². The van der Waals surface area contributed by atoms with Crippen LogP contribution in [0, 0.1) is 15.9 Å². The number of non-ortho nitro benzene ring substituents is 1. The molecule has 0 unspecified atom stereocenters. The summed E-state index contributed by atoms with van der Waals surface area (Å²) in [5.41, 5.74) is 0.149. The van der Waals surface area contributed by atoms with Crippen LogP contribution in [0.1, 0.15) is 24.3 Å². The van der Waals surface area contributed by atoms with E-state index in [1.54, 1.807) is 0 Å². The fraction of sp³-hybridized carbons (Fsp3) is 0.381. The minimum absolute atomic E-state index is 0.00176. The van der Waals surface area contributed by atoms with Gasteiger partial charge in [0.2, 0.25) is 0 Å². The first-order valence-electron chi connectivity index (χ1n) is 10.6. The molecule has 0 aromatic heterocycles. The highest BCUT2D eigenvalue weighted by atomic mass is 32.2. The number of hydrogen-bond donors (Lipinski definition) is 0. The van der Waals surface area contributed by atoms with Crippen molar-refractivity contribution in [2.24, 2.45) is 0 Å². The summed E-state index contributed by atoms with van der Waals surface area (Å²) in [6.07, 6.45) is -1.16. The smallest absolute Gasteiger partial charge is 0.414 e. The van der Waals surface area contributed by atoms with E-state index in [2.05, 4.69) is 0 Å². The molecule has 0 radical (unpaired) electrons. The van der Waals surface area contributed by atoms with E-state index in [1.165, 1.54) is 18.2 Å². The van der Waals surface area contributed by atoms with Crippen molar-refractivity contribution in [3.63, 3.8) is 0 Å². The molecule has 2 aliphatic heterocycles. The zero-order chi connectivity index (χ0) is 25.4. The standard InChI is InChI=1S/C21H21FN2O9S2/c22-20-11-15(4-5-19(20)14-6-8-34(28,29)9-7-14)23-12-17(33-21(23)25)13-32-35(30,31)18-3-1-2-16(10-18)24(26)27/h1-5,10-11,14,17H,6-9,12-13H2/t17-/m0/s1. The Bertz CT molecular complexity index is 1360. The summed E-state index contributed by atoms with van der Waals surface area (Å²) in [6.45, 7) is -0.645. The van der Waals surface area contributed by atoms with Gasteiger partial charge in [0.05, 0.1) is 28.7 Å². The molecule has 2 aromatic carbocycles. The summed E-state index contributed by atoms with van der Waals surface area (Å²) in [5, 5.41) is 10.9. The predicted molar refractivity (Wildman–Crippen MR) is 121 cm³/mol. The Morgan fingerprint density at radius 3 is 2.54 bits per heavy atom. The summed E-state index contributed by atoms with van der Waals surface area (Å²) in [6, 6.07) is 8.52. The van der Waals surface area contributed by atoms with Crippen molar-refractivity contribution in [2.45, 2.75) is 29.8 Å². The Labute approximate surface area is 200 Å². The minimum atomic E-state index is -4.35. The number of ether oxygens (including phenoxy) is 1. The van der Waals surface area contributed by atoms with Gasteiger partial charge in [-0.1, -0.05) is 12.1 Å². The molecule has 2 aliphatic rings. The molecular weight excluding hydrogens is 507 g/mol. The molecule has 14 heteroatoms. The molecule has 11 nitrogen and oxygen atoms in total. The minimum Gasteiger partial charge on any atom is -0.441 e. The molecule has 2 heterocycles. The van der Waals surface area contributed by atoms with E-state index in [4.69, 9.17) is 8.92 Å². The van der Waals surface area contributed by atoms with Crippen LogP contribution in [0.4, 0.5) is 20.6 Å². The van der Waals surface area contributed by atoms with Gasteiger partial charge in [0.1, 0.15) is 33.3 Å². The zero-order valence-electron chi connectivity index (χ0n) is 18.2. The number of sulfone groups is 1. The fourth-order valence-electron chi connectivity index (χ4n) is 4.02. The Morgan fingerprint density at radius 2 is 1.89 bits per heavy atom. The lowest BCUT2D eigenvalue weighted by Crippen LogP contribution is -2.27. The first-order chi connectivity index (χ1) is 16.4. The van der Waals surface area contributed by atoms with Crippen LogP contribution in [0.5, 0.6) is 0 Å². The van der Waals surface area contributed by atoms with Gasteiger partial charge in [-0.2, -0.15) is 8.42 Å². The second-order valence-electron chi connectivity index (χ2n) is 8.24. The number of halogens is 1. The molecule has 2 saturated heterocycles. The lowest BCUT2D eigenvalue weighted by molar-refractivity contribution is -0.385. The van der Waals surface area contributed by atoms with Gasteiger partial charge in [-0.15, -0.1) is 0 Å². The molecule has 188 valence electrons. The second kappa shape index (κ2) is 9.51. The van der Waals surface area contributed by atoms with Crippen molar-refractivity contribution >= 4 is 37.4 Å². The quantitative estimate of drug-likeness (QED) is 0.300. The van der Waals surface area contributed by atoms with Gasteiger partial charge in [-0.3, -0.25) is 19.2 Å². The zero-order valence-corrected chi connectivity index (χ0v) is 19.8. The Hall–Kier alpha value is -3.10. The highest BCUT2D eigenvalue weighted by Gasteiger charge is 2.35.